The van der Waals surface area contributed by atoms with Gasteiger partial charge >= 0.3 is 5.97 Å². The lowest BCUT2D eigenvalue weighted by Gasteiger charge is -2.22. The Bertz CT molecular complexity index is 1360. The van der Waals surface area contributed by atoms with Gasteiger partial charge in [0.1, 0.15) is 6.04 Å². The van der Waals surface area contributed by atoms with E-state index in [0.717, 1.165) is 0 Å². The number of anilines is 1. The van der Waals surface area contributed by atoms with E-state index < -0.39 is 30.4 Å². The first-order valence-electron chi connectivity index (χ1n) is 11.1. The molecular formula is C26H20N2O7. The van der Waals surface area contributed by atoms with Gasteiger partial charge in [-0.05, 0) is 43.2 Å². The zero-order chi connectivity index (χ0) is 24.5. The van der Waals surface area contributed by atoms with Crippen LogP contribution in [0.2, 0.25) is 0 Å². The average Bonchev–Trinajstić information content (AvgIpc) is 3.58. The second-order valence-corrected chi connectivity index (χ2v) is 8.25. The molecule has 2 amide bonds. The molecule has 0 spiro atoms. The third kappa shape index (κ3) is 4.12. The molecule has 1 aliphatic heterocycles. The monoisotopic (exact) mass is 472 g/mol. The minimum Gasteiger partial charge on any atom is -0.459 e. The Morgan fingerprint density at radius 2 is 1.66 bits per heavy atom. The molecule has 0 radical (unpaired) electrons. The van der Waals surface area contributed by atoms with Crippen molar-refractivity contribution >= 4 is 35.0 Å². The van der Waals surface area contributed by atoms with Crippen LogP contribution in [0.15, 0.2) is 65.3 Å². The standard InChI is InChI=1S/C26H20N2O7/c29-22(14-35-26(33)20-7-3-11-28(20)25(32)21-8-4-12-34-21)27-15-9-10-18-19(13-15)24(31)17-6-2-1-5-16(17)23(18)30/h1-2,4-6,8-10,12-13,20H,3,7,11,14H2,(H,27,29). The van der Waals surface area contributed by atoms with Gasteiger partial charge in [0.15, 0.2) is 23.9 Å². The van der Waals surface area contributed by atoms with E-state index in [-0.39, 0.29) is 28.5 Å². The maximum absolute atomic E-state index is 12.9. The van der Waals surface area contributed by atoms with Crippen molar-refractivity contribution in [3.05, 3.63) is 88.9 Å². The van der Waals surface area contributed by atoms with Crippen LogP contribution in [0.3, 0.4) is 0 Å². The molecular weight excluding hydrogens is 452 g/mol. The summed E-state index contributed by atoms with van der Waals surface area (Å²) in [6, 6.07) is 13.3. The van der Waals surface area contributed by atoms with Gasteiger partial charge in [-0.1, -0.05) is 24.3 Å². The molecule has 9 heteroatoms. The van der Waals surface area contributed by atoms with E-state index in [2.05, 4.69) is 5.32 Å². The largest absolute Gasteiger partial charge is 0.459 e. The van der Waals surface area contributed by atoms with Crippen LogP contribution in [0.4, 0.5) is 5.69 Å². The molecule has 0 saturated carbocycles. The molecule has 1 N–H and O–H groups in total. The molecule has 1 fully saturated rings. The number of hydrogen-bond acceptors (Lipinski definition) is 7. The predicted octanol–water partition coefficient (Wildman–Crippen LogP) is 2.84. The van der Waals surface area contributed by atoms with Gasteiger partial charge in [-0.3, -0.25) is 19.2 Å². The van der Waals surface area contributed by atoms with E-state index in [9.17, 15) is 24.0 Å². The molecule has 0 bridgehead atoms. The number of ketones is 2. The zero-order valence-corrected chi connectivity index (χ0v) is 18.5. The highest BCUT2D eigenvalue weighted by Crippen LogP contribution is 2.29. The SMILES string of the molecule is O=C(COC(=O)C1CCCN1C(=O)c1ccco1)Nc1ccc2c(c1)C(=O)c1ccccc1C2=O. The number of benzene rings is 2. The van der Waals surface area contributed by atoms with Gasteiger partial charge in [0.05, 0.1) is 6.26 Å². The zero-order valence-electron chi connectivity index (χ0n) is 18.5. The summed E-state index contributed by atoms with van der Waals surface area (Å²) in [5.41, 5.74) is 1.41. The number of nitrogens with zero attached hydrogens (tertiary/aromatic N) is 1. The summed E-state index contributed by atoms with van der Waals surface area (Å²) < 4.78 is 10.3. The number of rotatable bonds is 5. The van der Waals surface area contributed by atoms with Gasteiger partial charge in [0.2, 0.25) is 0 Å². The molecule has 1 aromatic heterocycles. The second kappa shape index (κ2) is 9.02. The topological polar surface area (TPSA) is 123 Å². The number of furan rings is 1. The molecule has 35 heavy (non-hydrogen) atoms. The van der Waals surface area contributed by atoms with E-state index in [1.54, 1.807) is 30.3 Å². The summed E-state index contributed by atoms with van der Waals surface area (Å²) >= 11 is 0. The summed E-state index contributed by atoms with van der Waals surface area (Å²) in [7, 11) is 0. The molecule has 2 aliphatic rings. The second-order valence-electron chi connectivity index (χ2n) is 8.25. The van der Waals surface area contributed by atoms with Crippen molar-refractivity contribution in [3.8, 4) is 0 Å². The molecule has 2 aromatic carbocycles. The van der Waals surface area contributed by atoms with Crippen LogP contribution in [0, 0.1) is 0 Å². The number of likely N-dealkylation sites (tertiary alicyclic amines) is 1. The van der Waals surface area contributed by atoms with Crippen LogP contribution in [0.5, 0.6) is 0 Å². The van der Waals surface area contributed by atoms with Crippen LogP contribution in [0.25, 0.3) is 0 Å². The smallest absolute Gasteiger partial charge is 0.329 e. The van der Waals surface area contributed by atoms with Crippen LogP contribution in [-0.2, 0) is 14.3 Å². The van der Waals surface area contributed by atoms with Crippen LogP contribution < -0.4 is 5.32 Å². The molecule has 9 nitrogen and oxygen atoms in total. The molecule has 5 rings (SSSR count). The minimum atomic E-state index is -0.798. The fourth-order valence-corrected chi connectivity index (χ4v) is 4.40. The van der Waals surface area contributed by atoms with Gasteiger partial charge in [-0.2, -0.15) is 0 Å². The van der Waals surface area contributed by atoms with E-state index in [4.69, 9.17) is 9.15 Å². The van der Waals surface area contributed by atoms with E-state index >= 15 is 0 Å². The number of esters is 1. The van der Waals surface area contributed by atoms with Crippen LogP contribution >= 0.6 is 0 Å². The van der Waals surface area contributed by atoms with E-state index in [0.29, 0.717) is 36.2 Å². The van der Waals surface area contributed by atoms with Crippen molar-refractivity contribution in [1.29, 1.82) is 0 Å². The highest BCUT2D eigenvalue weighted by Gasteiger charge is 2.37. The maximum atomic E-state index is 12.9. The van der Waals surface area contributed by atoms with Crippen molar-refractivity contribution < 1.29 is 33.1 Å². The lowest BCUT2D eigenvalue weighted by molar-refractivity contribution is -0.151. The first kappa shape index (κ1) is 22.3. The number of hydrogen-bond donors (Lipinski definition) is 1. The Morgan fingerprint density at radius 3 is 2.37 bits per heavy atom. The third-order valence-electron chi connectivity index (χ3n) is 6.07. The number of carbonyl (C=O) groups excluding carboxylic acids is 5. The summed E-state index contributed by atoms with van der Waals surface area (Å²) in [5.74, 6) is -2.14. The summed E-state index contributed by atoms with van der Waals surface area (Å²) in [4.78, 5) is 64.5. The lowest BCUT2D eigenvalue weighted by atomic mass is 9.84. The molecule has 1 atom stereocenters. The van der Waals surface area contributed by atoms with Gasteiger partial charge in [-0.15, -0.1) is 0 Å². The predicted molar refractivity (Wildman–Crippen MR) is 122 cm³/mol. The summed E-state index contributed by atoms with van der Waals surface area (Å²) in [6.07, 6.45) is 2.43. The van der Waals surface area contributed by atoms with Crippen LogP contribution in [0.1, 0.15) is 55.2 Å². The van der Waals surface area contributed by atoms with Crippen LogP contribution in [-0.4, -0.2) is 53.4 Å². The van der Waals surface area contributed by atoms with E-state index in [1.165, 1.54) is 35.4 Å². The fraction of sp³-hybridized carbons (Fsp3) is 0.192. The maximum Gasteiger partial charge on any atom is 0.329 e. The van der Waals surface area contributed by atoms with Crippen molar-refractivity contribution in [2.75, 3.05) is 18.5 Å². The number of amides is 2. The highest BCUT2D eigenvalue weighted by molar-refractivity contribution is 6.28. The van der Waals surface area contributed by atoms with Crippen molar-refractivity contribution in [2.24, 2.45) is 0 Å². The van der Waals surface area contributed by atoms with Gasteiger partial charge in [0, 0.05) is 34.5 Å². The molecule has 3 aromatic rings. The van der Waals surface area contributed by atoms with Gasteiger partial charge in [0.25, 0.3) is 11.8 Å². The number of fused-ring (bicyclic) bond motifs is 2. The van der Waals surface area contributed by atoms with Crippen molar-refractivity contribution in [1.82, 2.24) is 4.90 Å². The highest BCUT2D eigenvalue weighted by atomic mass is 16.5. The van der Waals surface area contributed by atoms with Gasteiger partial charge in [-0.25, -0.2) is 4.79 Å². The Hall–Kier alpha value is -4.53. The Labute approximate surface area is 199 Å². The summed E-state index contributed by atoms with van der Waals surface area (Å²) in [6.45, 7) is -0.179. The first-order chi connectivity index (χ1) is 16.9. The molecule has 176 valence electrons. The first-order valence-corrected chi connectivity index (χ1v) is 11.1. The van der Waals surface area contributed by atoms with Gasteiger partial charge < -0.3 is 19.4 Å². The minimum absolute atomic E-state index is 0.130. The quantitative estimate of drug-likeness (QED) is 0.443. The molecule has 1 unspecified atom stereocenters. The molecule has 1 saturated heterocycles. The average molecular weight is 472 g/mol. The Morgan fingerprint density at radius 1 is 0.943 bits per heavy atom. The fourth-order valence-electron chi connectivity index (χ4n) is 4.40. The summed E-state index contributed by atoms with van der Waals surface area (Å²) in [5, 5.41) is 2.58. The lowest BCUT2D eigenvalue weighted by Crippen LogP contribution is -2.42. The van der Waals surface area contributed by atoms with Crippen molar-refractivity contribution in [2.45, 2.75) is 18.9 Å². The normalized spacial score (nSPS) is 16.5. The number of carbonyl (C=O) groups is 5. The van der Waals surface area contributed by atoms with E-state index in [1.807, 2.05) is 0 Å². The number of nitrogens with one attached hydrogen (secondary N) is 1. The van der Waals surface area contributed by atoms with Crippen molar-refractivity contribution in [3.63, 3.8) is 0 Å². The number of ether oxygens (including phenoxy) is 1. The Balaban J connectivity index is 1.22. The molecule has 2 heterocycles. The third-order valence-corrected chi connectivity index (χ3v) is 6.07. The molecule has 1 aliphatic carbocycles. The Kier molecular flexibility index (Phi) is 5.74.